The summed E-state index contributed by atoms with van der Waals surface area (Å²) in [5.74, 6) is -7.88. The molecule has 2 aliphatic carbocycles. The number of pyridine rings is 1. The number of aromatic hydroxyl groups is 1. The van der Waals surface area contributed by atoms with Gasteiger partial charge in [0.05, 0.1) is 47.3 Å². The van der Waals surface area contributed by atoms with Crippen molar-refractivity contribution < 1.29 is 46.9 Å². The number of alkyl halides is 3. The number of fused-ring (bicyclic) bond motifs is 5. The number of aromatic nitrogens is 3. The zero-order valence-electron chi connectivity index (χ0n) is 33.9. The SMILES string of the molecule is COc1cc(O)c([C@H]2C3=CC[C@@H]4C(=O)N(N(C)c5nc(C(F)(F)F)ccc5Cl)C(=O)[C@@H]4[C@@H]3C[C@H]3C(=O)N(c4cc(-c5sc6ccc(Cl)cc6c5C)nn4C)C(=O)[C@@]23C)c(OC)c1. The standard InChI is InChI=1S/C43H37Cl2F3N6O7S/c1-18-23-13-19(44)7-11-30(23)62-36(18)27-17-32(51(3)50-27)53-39(57)25-16-24-21(35(42(25,2)41(53)59)34-28(55)14-20(60-5)15-29(34)61-6)8-9-22-33(24)40(58)54(38(22)56)52(4)37-26(45)10-12-31(49-37)43(46,47)48/h7-8,10-15,17,22,24-25,33,35,55H,9,16H2,1-6H3/t22-,24+,25-,33-,35+,42+/m0/s1. The lowest BCUT2D eigenvalue weighted by atomic mass is 9.51. The molecule has 3 aromatic heterocycles. The van der Waals surface area contributed by atoms with Crippen LogP contribution >= 0.6 is 34.5 Å². The number of aryl methyl sites for hydroxylation is 2. The summed E-state index contributed by atoms with van der Waals surface area (Å²) in [4.78, 5) is 64.9. The van der Waals surface area contributed by atoms with Gasteiger partial charge in [-0.2, -0.15) is 23.3 Å². The molecule has 3 fully saturated rings. The lowest BCUT2D eigenvalue weighted by Crippen LogP contribution is -2.49. The van der Waals surface area contributed by atoms with Gasteiger partial charge in [-0.05, 0) is 73.9 Å². The largest absolute Gasteiger partial charge is 0.507 e. The molecule has 6 atom stereocenters. The number of methoxy groups -OCH3 is 2. The van der Waals surface area contributed by atoms with Gasteiger partial charge in [-0.25, -0.2) is 9.88 Å². The monoisotopic (exact) mass is 908 g/mol. The highest BCUT2D eigenvalue weighted by Crippen LogP contribution is 2.66. The van der Waals surface area contributed by atoms with Crippen molar-refractivity contribution in [2.24, 2.45) is 36.1 Å². The zero-order chi connectivity index (χ0) is 44.5. The fourth-order valence-corrected chi connectivity index (χ4v) is 11.7. The van der Waals surface area contributed by atoms with Crippen LogP contribution in [0.3, 0.4) is 0 Å². The van der Waals surface area contributed by atoms with E-state index >= 15 is 9.59 Å². The van der Waals surface area contributed by atoms with Gasteiger partial charge < -0.3 is 14.6 Å². The van der Waals surface area contributed by atoms with Gasteiger partial charge >= 0.3 is 6.18 Å². The maximum atomic E-state index is 15.3. The average molecular weight is 910 g/mol. The van der Waals surface area contributed by atoms with Crippen LogP contribution in [0.1, 0.15) is 42.5 Å². The third kappa shape index (κ3) is 5.94. The number of phenolic OH excluding ortho intramolecular Hbond substituents is 1. The van der Waals surface area contributed by atoms with Gasteiger partial charge in [0.15, 0.2) is 5.82 Å². The van der Waals surface area contributed by atoms with Gasteiger partial charge in [0.2, 0.25) is 11.8 Å². The Morgan fingerprint density at radius 2 is 1.73 bits per heavy atom. The molecule has 13 nitrogen and oxygen atoms in total. The highest BCUT2D eigenvalue weighted by atomic mass is 35.5. The summed E-state index contributed by atoms with van der Waals surface area (Å²) in [6.45, 7) is 3.61. The van der Waals surface area contributed by atoms with Crippen molar-refractivity contribution in [3.8, 4) is 27.8 Å². The lowest BCUT2D eigenvalue weighted by molar-refractivity contribution is -0.141. The summed E-state index contributed by atoms with van der Waals surface area (Å²) in [6, 6.07) is 11.9. The average Bonchev–Trinajstić information content (AvgIpc) is 3.90. The van der Waals surface area contributed by atoms with Crippen LogP contribution in [0.4, 0.5) is 24.8 Å². The number of anilines is 2. The second kappa shape index (κ2) is 14.5. The third-order valence-electron chi connectivity index (χ3n) is 13.0. The molecular weight excluding hydrogens is 872 g/mol. The number of nitrogens with zero attached hydrogens (tertiary/aromatic N) is 6. The number of rotatable bonds is 7. The Morgan fingerprint density at radius 1 is 0.984 bits per heavy atom. The molecule has 1 saturated carbocycles. The molecule has 5 heterocycles. The van der Waals surface area contributed by atoms with Crippen LogP contribution in [0.2, 0.25) is 10.0 Å². The van der Waals surface area contributed by atoms with Gasteiger partial charge in [0.25, 0.3) is 11.8 Å². The minimum atomic E-state index is -4.84. The van der Waals surface area contributed by atoms with Crippen molar-refractivity contribution in [3.63, 3.8) is 0 Å². The predicted molar refractivity (Wildman–Crippen MR) is 224 cm³/mol. The van der Waals surface area contributed by atoms with Crippen LogP contribution < -0.4 is 19.4 Å². The number of halogens is 5. The van der Waals surface area contributed by atoms with Crippen molar-refractivity contribution in [3.05, 3.63) is 87.0 Å². The fourth-order valence-electron chi connectivity index (χ4n) is 10.1. The molecule has 9 rings (SSSR count). The molecule has 2 aliphatic heterocycles. The van der Waals surface area contributed by atoms with E-state index in [0.29, 0.717) is 22.4 Å². The van der Waals surface area contributed by atoms with Crippen LogP contribution in [0.25, 0.3) is 20.7 Å². The minimum Gasteiger partial charge on any atom is -0.507 e. The number of thiophene rings is 1. The molecule has 1 N–H and O–H groups in total. The summed E-state index contributed by atoms with van der Waals surface area (Å²) in [7, 11) is 5.66. The van der Waals surface area contributed by atoms with Crippen molar-refractivity contribution in [2.75, 3.05) is 31.2 Å². The topological polar surface area (TPSA) is 147 Å². The number of ether oxygens (including phenoxy) is 2. The Balaban J connectivity index is 1.16. The fraction of sp³-hybridized carbons (Fsp3) is 0.349. The zero-order valence-corrected chi connectivity index (χ0v) is 36.2. The number of hydrazine groups is 1. The summed E-state index contributed by atoms with van der Waals surface area (Å²) in [5, 5.41) is 19.5. The molecule has 62 heavy (non-hydrogen) atoms. The smallest absolute Gasteiger partial charge is 0.433 e. The Kier molecular flexibility index (Phi) is 9.72. The van der Waals surface area contributed by atoms with E-state index in [4.69, 9.17) is 37.8 Å². The van der Waals surface area contributed by atoms with E-state index in [1.54, 1.807) is 38.2 Å². The molecule has 2 saturated heterocycles. The van der Waals surface area contributed by atoms with Crippen molar-refractivity contribution in [1.29, 1.82) is 0 Å². The van der Waals surface area contributed by atoms with E-state index < -0.39 is 76.3 Å². The molecule has 19 heteroatoms. The number of allylic oxidation sites excluding steroid dienone is 2. The molecule has 0 unspecified atom stereocenters. The maximum Gasteiger partial charge on any atom is 0.433 e. The number of phenols is 1. The molecule has 322 valence electrons. The normalized spacial score (nSPS) is 24.7. The molecule has 2 aromatic carbocycles. The first kappa shape index (κ1) is 41.7. The highest BCUT2D eigenvalue weighted by Gasteiger charge is 2.69. The Hall–Kier alpha value is -5.65. The Bertz CT molecular complexity index is 2830. The van der Waals surface area contributed by atoms with Gasteiger partial charge in [0.1, 0.15) is 34.5 Å². The highest BCUT2D eigenvalue weighted by molar-refractivity contribution is 7.22. The number of imide groups is 2. The van der Waals surface area contributed by atoms with Gasteiger partial charge in [-0.15, -0.1) is 11.3 Å². The first-order valence-corrected chi connectivity index (χ1v) is 21.0. The van der Waals surface area contributed by atoms with Gasteiger partial charge in [-0.1, -0.05) is 34.9 Å². The van der Waals surface area contributed by atoms with Crippen LogP contribution in [0.5, 0.6) is 17.2 Å². The Labute approximate surface area is 366 Å². The summed E-state index contributed by atoms with van der Waals surface area (Å²) in [6.07, 6.45) is -3.13. The van der Waals surface area contributed by atoms with E-state index in [0.717, 1.165) is 41.5 Å². The molecule has 0 bridgehead atoms. The predicted octanol–water partition coefficient (Wildman–Crippen LogP) is 8.34. The summed E-state index contributed by atoms with van der Waals surface area (Å²) < 4.78 is 54.9. The van der Waals surface area contributed by atoms with Gasteiger partial charge in [-0.3, -0.25) is 28.9 Å². The minimum absolute atomic E-state index is 0.00230. The number of carbonyl (C=O) groups excluding carboxylic acids is 4. The number of hydrogen-bond acceptors (Lipinski definition) is 11. The molecule has 5 aromatic rings. The molecule has 4 amide bonds. The molecule has 0 spiro atoms. The van der Waals surface area contributed by atoms with Crippen LogP contribution in [-0.4, -0.2) is 69.8 Å². The Morgan fingerprint density at radius 3 is 2.42 bits per heavy atom. The van der Waals surface area contributed by atoms with Crippen molar-refractivity contribution in [2.45, 2.75) is 38.8 Å². The first-order chi connectivity index (χ1) is 29.3. The van der Waals surface area contributed by atoms with E-state index in [1.165, 1.54) is 43.4 Å². The quantitative estimate of drug-likeness (QED) is 0.125. The lowest BCUT2D eigenvalue weighted by Gasteiger charge is -2.49. The number of hydrogen-bond donors (Lipinski definition) is 1. The maximum absolute atomic E-state index is 15.3. The van der Waals surface area contributed by atoms with E-state index in [1.807, 2.05) is 19.1 Å². The molecular formula is C43H37Cl2F3N6O7S. The summed E-state index contributed by atoms with van der Waals surface area (Å²) >= 11 is 14.1. The van der Waals surface area contributed by atoms with Crippen LogP contribution in [0, 0.1) is 36.0 Å². The molecule has 4 aliphatic rings. The number of benzene rings is 2. The van der Waals surface area contributed by atoms with Crippen LogP contribution in [0.15, 0.2) is 60.2 Å². The van der Waals surface area contributed by atoms with Crippen molar-refractivity contribution >= 4 is 79.9 Å². The summed E-state index contributed by atoms with van der Waals surface area (Å²) in [5.41, 5.74) is -0.709. The second-order valence-corrected chi connectivity index (χ2v) is 18.0. The number of amides is 4. The van der Waals surface area contributed by atoms with Gasteiger partial charge in [0, 0.05) is 53.5 Å². The number of carbonyl (C=O) groups is 4. The van der Waals surface area contributed by atoms with Crippen molar-refractivity contribution in [1.82, 2.24) is 19.8 Å². The molecule has 0 radical (unpaired) electrons. The van der Waals surface area contributed by atoms with E-state index in [9.17, 15) is 27.9 Å². The second-order valence-electron chi connectivity index (χ2n) is 16.1. The first-order valence-electron chi connectivity index (χ1n) is 19.4. The van der Waals surface area contributed by atoms with E-state index in [-0.39, 0.29) is 46.5 Å². The third-order valence-corrected chi connectivity index (χ3v) is 14.9. The van der Waals surface area contributed by atoms with Crippen LogP contribution in [-0.2, 0) is 32.4 Å². The van der Waals surface area contributed by atoms with E-state index in [2.05, 4.69) is 4.98 Å².